The molecule has 1 amide bonds. The van der Waals surface area contributed by atoms with E-state index in [1.807, 2.05) is 0 Å². The highest BCUT2D eigenvalue weighted by Gasteiger charge is 2.04. The minimum absolute atomic E-state index is 0.191. The molecule has 0 aliphatic rings. The van der Waals surface area contributed by atoms with Crippen LogP contribution in [0.3, 0.4) is 0 Å². The molecule has 1 aromatic rings. The van der Waals surface area contributed by atoms with Crippen molar-refractivity contribution in [3.05, 3.63) is 23.8 Å². The van der Waals surface area contributed by atoms with Gasteiger partial charge in [0.15, 0.2) is 0 Å². The smallest absolute Gasteiger partial charge is 0.220 e. The number of amides is 1. The Bertz CT molecular complexity index is 366. The van der Waals surface area contributed by atoms with E-state index in [0.717, 1.165) is 11.3 Å². The highest BCUT2D eigenvalue weighted by molar-refractivity contribution is 5.73. The van der Waals surface area contributed by atoms with Crippen molar-refractivity contribution in [3.8, 4) is 11.5 Å². The summed E-state index contributed by atoms with van der Waals surface area (Å²) in [6.45, 7) is 0.609. The zero-order valence-electron chi connectivity index (χ0n) is 9.23. The zero-order valence-corrected chi connectivity index (χ0v) is 9.23. The maximum Gasteiger partial charge on any atom is 0.220 e. The average Bonchev–Trinajstić information content (AvgIpc) is 2.29. The molecule has 4 N–H and O–H groups in total. The fourth-order valence-corrected chi connectivity index (χ4v) is 1.24. The number of primary amides is 1. The lowest BCUT2D eigenvalue weighted by Crippen LogP contribution is -2.15. The Labute approximate surface area is 94.3 Å². The van der Waals surface area contributed by atoms with E-state index in [0.29, 0.717) is 12.3 Å². The number of methoxy groups -OCH3 is 1. The van der Waals surface area contributed by atoms with Crippen LogP contribution in [0, 0.1) is 0 Å². The van der Waals surface area contributed by atoms with E-state index >= 15 is 0 Å². The van der Waals surface area contributed by atoms with E-state index in [2.05, 4.69) is 0 Å². The fraction of sp³-hybridized carbons (Fsp3) is 0.364. The normalized spacial score (nSPS) is 9.88. The number of hydrogen-bond donors (Lipinski definition) is 2. The largest absolute Gasteiger partial charge is 0.497 e. The van der Waals surface area contributed by atoms with Crippen molar-refractivity contribution in [2.24, 2.45) is 11.5 Å². The average molecular weight is 224 g/mol. The molecule has 16 heavy (non-hydrogen) atoms. The third-order valence-electron chi connectivity index (χ3n) is 2.09. The summed E-state index contributed by atoms with van der Waals surface area (Å²) in [5.74, 6) is 0.995. The van der Waals surface area contributed by atoms with Crippen LogP contribution in [0.2, 0.25) is 0 Å². The predicted molar refractivity (Wildman–Crippen MR) is 60.2 cm³/mol. The predicted octanol–water partition coefficient (Wildman–Crippen LogP) is 0.408. The standard InChI is InChI=1S/C11H16N2O3/c1-15-9-2-3-10(8(6-9)7-12)16-5-4-11(13)14/h2-3,6H,4-5,7,12H2,1H3,(H2,13,14). The maximum atomic E-state index is 10.5. The molecular formula is C11H16N2O3. The van der Waals surface area contributed by atoms with Crippen molar-refractivity contribution in [2.45, 2.75) is 13.0 Å². The van der Waals surface area contributed by atoms with E-state index in [1.54, 1.807) is 25.3 Å². The number of carbonyl (C=O) groups is 1. The van der Waals surface area contributed by atoms with Gasteiger partial charge in [-0.3, -0.25) is 4.79 Å². The first kappa shape index (κ1) is 12.3. The summed E-state index contributed by atoms with van der Waals surface area (Å²) in [6.07, 6.45) is 0.191. The van der Waals surface area contributed by atoms with E-state index in [4.69, 9.17) is 20.9 Å². The van der Waals surface area contributed by atoms with Crippen LogP contribution in [0.5, 0.6) is 11.5 Å². The first-order chi connectivity index (χ1) is 7.67. The van der Waals surface area contributed by atoms with Crippen LogP contribution in [-0.2, 0) is 11.3 Å². The van der Waals surface area contributed by atoms with Gasteiger partial charge < -0.3 is 20.9 Å². The number of rotatable bonds is 6. The number of ether oxygens (including phenoxy) is 2. The van der Waals surface area contributed by atoms with Gasteiger partial charge in [-0.25, -0.2) is 0 Å². The quantitative estimate of drug-likeness (QED) is 0.732. The second-order valence-electron chi connectivity index (χ2n) is 3.24. The third kappa shape index (κ3) is 3.43. The summed E-state index contributed by atoms with van der Waals surface area (Å²) < 4.78 is 10.5. The first-order valence-electron chi connectivity index (χ1n) is 4.95. The van der Waals surface area contributed by atoms with Gasteiger partial charge >= 0.3 is 0 Å². The molecule has 0 fully saturated rings. The molecule has 0 heterocycles. The van der Waals surface area contributed by atoms with Gasteiger partial charge in [0.05, 0.1) is 20.1 Å². The molecule has 0 aliphatic carbocycles. The molecule has 5 heteroatoms. The minimum Gasteiger partial charge on any atom is -0.497 e. The Hall–Kier alpha value is -1.75. The Balaban J connectivity index is 2.68. The van der Waals surface area contributed by atoms with Crippen molar-refractivity contribution >= 4 is 5.91 Å². The van der Waals surface area contributed by atoms with Crippen LogP contribution in [0.4, 0.5) is 0 Å². The maximum absolute atomic E-state index is 10.5. The minimum atomic E-state index is -0.386. The number of benzene rings is 1. The van der Waals surface area contributed by atoms with Crippen molar-refractivity contribution < 1.29 is 14.3 Å². The Morgan fingerprint density at radius 1 is 1.44 bits per heavy atom. The molecule has 0 atom stereocenters. The van der Waals surface area contributed by atoms with Crippen LogP contribution < -0.4 is 20.9 Å². The van der Waals surface area contributed by atoms with E-state index in [9.17, 15) is 4.79 Å². The van der Waals surface area contributed by atoms with E-state index in [1.165, 1.54) is 0 Å². The van der Waals surface area contributed by atoms with Crippen LogP contribution in [0.1, 0.15) is 12.0 Å². The van der Waals surface area contributed by atoms with Gasteiger partial charge in [-0.1, -0.05) is 0 Å². The SMILES string of the molecule is COc1ccc(OCCC(N)=O)c(CN)c1. The monoisotopic (exact) mass is 224 g/mol. The summed E-state index contributed by atoms with van der Waals surface area (Å²) in [6, 6.07) is 5.35. The highest BCUT2D eigenvalue weighted by atomic mass is 16.5. The molecule has 0 aliphatic heterocycles. The topological polar surface area (TPSA) is 87.6 Å². The van der Waals surface area contributed by atoms with Gasteiger partial charge in [-0.05, 0) is 18.2 Å². The van der Waals surface area contributed by atoms with Crippen molar-refractivity contribution in [1.29, 1.82) is 0 Å². The lowest BCUT2D eigenvalue weighted by atomic mass is 10.2. The molecule has 0 saturated carbocycles. The molecule has 1 rings (SSSR count). The summed E-state index contributed by atoms with van der Waals surface area (Å²) >= 11 is 0. The fourth-order valence-electron chi connectivity index (χ4n) is 1.24. The van der Waals surface area contributed by atoms with E-state index in [-0.39, 0.29) is 18.9 Å². The number of nitrogens with two attached hydrogens (primary N) is 2. The number of carbonyl (C=O) groups excluding carboxylic acids is 1. The van der Waals surface area contributed by atoms with Gasteiger partial charge in [-0.15, -0.1) is 0 Å². The molecule has 0 spiro atoms. The van der Waals surface area contributed by atoms with Gasteiger partial charge in [0, 0.05) is 12.1 Å². The molecular weight excluding hydrogens is 208 g/mol. The lowest BCUT2D eigenvalue weighted by Gasteiger charge is -2.11. The van der Waals surface area contributed by atoms with Gasteiger partial charge in [0.2, 0.25) is 5.91 Å². The molecule has 0 unspecified atom stereocenters. The van der Waals surface area contributed by atoms with Crippen LogP contribution in [0.15, 0.2) is 18.2 Å². The summed E-state index contributed by atoms with van der Waals surface area (Å²) in [5.41, 5.74) is 11.4. The Kier molecular flexibility index (Phi) is 4.60. The van der Waals surface area contributed by atoms with Crippen molar-refractivity contribution in [1.82, 2.24) is 0 Å². The van der Waals surface area contributed by atoms with Crippen LogP contribution in [-0.4, -0.2) is 19.6 Å². The molecule has 5 nitrogen and oxygen atoms in total. The van der Waals surface area contributed by atoms with Gasteiger partial charge in [0.1, 0.15) is 11.5 Å². The third-order valence-corrected chi connectivity index (χ3v) is 2.09. The number of hydrogen-bond acceptors (Lipinski definition) is 4. The van der Waals surface area contributed by atoms with Gasteiger partial charge in [-0.2, -0.15) is 0 Å². The highest BCUT2D eigenvalue weighted by Crippen LogP contribution is 2.23. The van der Waals surface area contributed by atoms with Crippen LogP contribution in [0.25, 0.3) is 0 Å². The van der Waals surface area contributed by atoms with E-state index < -0.39 is 0 Å². The molecule has 88 valence electrons. The molecule has 0 saturated heterocycles. The molecule has 0 radical (unpaired) electrons. The lowest BCUT2D eigenvalue weighted by molar-refractivity contribution is -0.118. The van der Waals surface area contributed by atoms with Crippen molar-refractivity contribution in [2.75, 3.05) is 13.7 Å². The Morgan fingerprint density at radius 2 is 2.19 bits per heavy atom. The molecule has 0 bridgehead atoms. The summed E-state index contributed by atoms with van der Waals surface area (Å²) in [7, 11) is 1.59. The summed E-state index contributed by atoms with van der Waals surface area (Å²) in [5, 5.41) is 0. The molecule has 1 aromatic carbocycles. The summed E-state index contributed by atoms with van der Waals surface area (Å²) in [4.78, 5) is 10.5. The zero-order chi connectivity index (χ0) is 12.0. The van der Waals surface area contributed by atoms with Crippen molar-refractivity contribution in [3.63, 3.8) is 0 Å². The second kappa shape index (κ2) is 5.97. The van der Waals surface area contributed by atoms with Crippen LogP contribution >= 0.6 is 0 Å². The first-order valence-corrected chi connectivity index (χ1v) is 4.95. The van der Waals surface area contributed by atoms with Gasteiger partial charge in [0.25, 0.3) is 0 Å². The Morgan fingerprint density at radius 3 is 2.75 bits per heavy atom. The molecule has 0 aromatic heterocycles. The second-order valence-corrected chi connectivity index (χ2v) is 3.24.